The molecule has 132 valence electrons. The highest BCUT2D eigenvalue weighted by molar-refractivity contribution is 7.91. The molecule has 0 saturated heterocycles. The normalized spacial score (nSPS) is 11.0. The minimum atomic E-state index is -3.57. The molecule has 0 aliphatic carbocycles. The summed E-state index contributed by atoms with van der Waals surface area (Å²) in [6, 6.07) is 13.0. The molecule has 0 aliphatic heterocycles. The second kappa shape index (κ2) is 7.94. The predicted molar refractivity (Wildman–Crippen MR) is 94.3 cm³/mol. The SMILES string of the molecule is CCS(=O)(=O)c1ccccc1C(=O)OCC(=O)Nc1cccc(C)c1. The lowest BCUT2D eigenvalue weighted by molar-refractivity contribution is -0.119. The quantitative estimate of drug-likeness (QED) is 0.799. The molecule has 0 unspecified atom stereocenters. The molecular weight excluding hydrogens is 342 g/mol. The Hall–Kier alpha value is -2.67. The molecule has 0 spiro atoms. The van der Waals surface area contributed by atoms with E-state index in [2.05, 4.69) is 5.32 Å². The van der Waals surface area contributed by atoms with Crippen molar-refractivity contribution in [3.8, 4) is 0 Å². The first-order valence-electron chi connectivity index (χ1n) is 7.69. The summed E-state index contributed by atoms with van der Waals surface area (Å²) in [5.41, 5.74) is 1.50. The van der Waals surface area contributed by atoms with Gasteiger partial charge in [0, 0.05) is 5.69 Å². The molecule has 0 radical (unpaired) electrons. The van der Waals surface area contributed by atoms with Gasteiger partial charge in [-0.15, -0.1) is 0 Å². The number of nitrogens with one attached hydrogen (secondary N) is 1. The van der Waals surface area contributed by atoms with Crippen molar-refractivity contribution in [1.82, 2.24) is 0 Å². The number of benzene rings is 2. The fourth-order valence-electron chi connectivity index (χ4n) is 2.19. The van der Waals surface area contributed by atoms with Crippen molar-refractivity contribution >= 4 is 27.4 Å². The van der Waals surface area contributed by atoms with Gasteiger partial charge in [-0.2, -0.15) is 0 Å². The molecule has 2 rings (SSSR count). The van der Waals surface area contributed by atoms with Crippen LogP contribution in [-0.2, 0) is 19.4 Å². The Labute approximate surface area is 146 Å². The second-order valence-corrected chi connectivity index (χ2v) is 7.64. The van der Waals surface area contributed by atoms with Crippen molar-refractivity contribution in [2.75, 3.05) is 17.7 Å². The van der Waals surface area contributed by atoms with E-state index in [-0.39, 0.29) is 16.2 Å². The molecule has 0 fully saturated rings. The van der Waals surface area contributed by atoms with Gasteiger partial charge in [0.05, 0.1) is 16.2 Å². The zero-order valence-electron chi connectivity index (χ0n) is 14.0. The summed E-state index contributed by atoms with van der Waals surface area (Å²) in [4.78, 5) is 24.0. The number of rotatable bonds is 6. The van der Waals surface area contributed by atoms with Gasteiger partial charge < -0.3 is 10.1 Å². The maximum atomic E-state index is 12.2. The first-order valence-corrected chi connectivity index (χ1v) is 9.34. The Morgan fingerprint density at radius 2 is 1.80 bits per heavy atom. The van der Waals surface area contributed by atoms with E-state index in [0.29, 0.717) is 5.69 Å². The highest BCUT2D eigenvalue weighted by Gasteiger charge is 2.22. The summed E-state index contributed by atoms with van der Waals surface area (Å²) in [6.07, 6.45) is 0. The Bertz CT molecular complexity index is 890. The molecule has 0 atom stereocenters. The number of anilines is 1. The van der Waals surface area contributed by atoms with E-state index < -0.39 is 28.3 Å². The van der Waals surface area contributed by atoms with Crippen LogP contribution in [0.1, 0.15) is 22.8 Å². The van der Waals surface area contributed by atoms with Crippen LogP contribution in [0.25, 0.3) is 0 Å². The smallest absolute Gasteiger partial charge is 0.339 e. The molecular formula is C18H19NO5S. The number of esters is 1. The largest absolute Gasteiger partial charge is 0.452 e. The lowest BCUT2D eigenvalue weighted by Gasteiger charge is -2.10. The maximum absolute atomic E-state index is 12.2. The van der Waals surface area contributed by atoms with E-state index >= 15 is 0 Å². The van der Waals surface area contributed by atoms with Gasteiger partial charge in [-0.1, -0.05) is 31.2 Å². The Morgan fingerprint density at radius 1 is 1.08 bits per heavy atom. The number of carbonyl (C=O) groups excluding carboxylic acids is 2. The Balaban J connectivity index is 2.05. The number of aryl methyl sites for hydroxylation is 1. The van der Waals surface area contributed by atoms with Gasteiger partial charge in [-0.25, -0.2) is 13.2 Å². The van der Waals surface area contributed by atoms with E-state index in [0.717, 1.165) is 5.56 Å². The summed E-state index contributed by atoms with van der Waals surface area (Å²) < 4.78 is 29.1. The first kappa shape index (κ1) is 18.7. The monoisotopic (exact) mass is 361 g/mol. The van der Waals surface area contributed by atoms with E-state index in [1.54, 1.807) is 18.2 Å². The number of hydrogen-bond donors (Lipinski definition) is 1. The number of hydrogen-bond acceptors (Lipinski definition) is 5. The summed E-state index contributed by atoms with van der Waals surface area (Å²) >= 11 is 0. The number of amides is 1. The maximum Gasteiger partial charge on any atom is 0.339 e. The predicted octanol–water partition coefficient (Wildman–Crippen LogP) is 2.58. The van der Waals surface area contributed by atoms with Crippen LogP contribution in [-0.4, -0.2) is 32.7 Å². The van der Waals surface area contributed by atoms with Crippen LogP contribution in [0.4, 0.5) is 5.69 Å². The third-order valence-electron chi connectivity index (χ3n) is 3.46. The molecule has 6 nitrogen and oxygen atoms in total. The van der Waals surface area contributed by atoms with Crippen molar-refractivity contribution in [2.45, 2.75) is 18.7 Å². The molecule has 2 aromatic rings. The number of sulfone groups is 1. The summed E-state index contributed by atoms with van der Waals surface area (Å²) in [5.74, 6) is -1.49. The topological polar surface area (TPSA) is 89.5 Å². The molecule has 7 heteroatoms. The van der Waals surface area contributed by atoms with Gasteiger partial charge >= 0.3 is 5.97 Å². The second-order valence-electron chi connectivity index (χ2n) is 5.39. The molecule has 0 heterocycles. The third-order valence-corrected chi connectivity index (χ3v) is 5.24. The lowest BCUT2D eigenvalue weighted by atomic mass is 10.2. The lowest BCUT2D eigenvalue weighted by Crippen LogP contribution is -2.22. The number of carbonyl (C=O) groups is 2. The molecule has 0 bridgehead atoms. The summed E-state index contributed by atoms with van der Waals surface area (Å²) in [6.45, 7) is 2.88. The minimum absolute atomic E-state index is 0.0762. The fraction of sp³-hybridized carbons (Fsp3) is 0.222. The fourth-order valence-corrected chi connectivity index (χ4v) is 3.27. The van der Waals surface area contributed by atoms with Gasteiger partial charge in [-0.05, 0) is 36.8 Å². The van der Waals surface area contributed by atoms with Crippen LogP contribution in [0.3, 0.4) is 0 Å². The standard InChI is InChI=1S/C18H19NO5S/c1-3-25(22,23)16-10-5-4-9-15(16)18(21)24-12-17(20)19-14-8-6-7-13(2)11-14/h4-11H,3,12H2,1-2H3,(H,19,20). The van der Waals surface area contributed by atoms with E-state index in [1.165, 1.54) is 31.2 Å². The molecule has 25 heavy (non-hydrogen) atoms. The first-order chi connectivity index (χ1) is 11.8. The molecule has 2 aromatic carbocycles. The zero-order chi connectivity index (χ0) is 18.4. The minimum Gasteiger partial charge on any atom is -0.452 e. The molecule has 0 aromatic heterocycles. The Kier molecular flexibility index (Phi) is 5.93. The van der Waals surface area contributed by atoms with E-state index in [1.807, 2.05) is 13.0 Å². The molecule has 0 saturated carbocycles. The van der Waals surface area contributed by atoms with Gasteiger partial charge in [0.25, 0.3) is 5.91 Å². The zero-order valence-corrected chi connectivity index (χ0v) is 14.8. The van der Waals surface area contributed by atoms with Crippen molar-refractivity contribution in [2.24, 2.45) is 0 Å². The highest BCUT2D eigenvalue weighted by Crippen LogP contribution is 2.18. The van der Waals surface area contributed by atoms with E-state index in [4.69, 9.17) is 4.74 Å². The van der Waals surface area contributed by atoms with Crippen molar-refractivity contribution in [3.63, 3.8) is 0 Å². The van der Waals surface area contributed by atoms with Crippen LogP contribution in [0.2, 0.25) is 0 Å². The van der Waals surface area contributed by atoms with Crippen molar-refractivity contribution < 1.29 is 22.7 Å². The highest BCUT2D eigenvalue weighted by atomic mass is 32.2. The van der Waals surface area contributed by atoms with Crippen LogP contribution in [0.15, 0.2) is 53.4 Å². The van der Waals surface area contributed by atoms with E-state index in [9.17, 15) is 18.0 Å². The van der Waals surface area contributed by atoms with Gasteiger partial charge in [0.1, 0.15) is 0 Å². The van der Waals surface area contributed by atoms with Crippen LogP contribution in [0.5, 0.6) is 0 Å². The van der Waals surface area contributed by atoms with Crippen molar-refractivity contribution in [1.29, 1.82) is 0 Å². The average molecular weight is 361 g/mol. The Morgan fingerprint density at radius 3 is 2.48 bits per heavy atom. The molecule has 0 aliphatic rings. The van der Waals surface area contributed by atoms with Gasteiger partial charge in [-0.3, -0.25) is 4.79 Å². The molecule has 1 N–H and O–H groups in total. The molecule has 1 amide bonds. The van der Waals surface area contributed by atoms with Crippen LogP contribution < -0.4 is 5.32 Å². The van der Waals surface area contributed by atoms with Gasteiger partial charge in [0.15, 0.2) is 16.4 Å². The van der Waals surface area contributed by atoms with Crippen molar-refractivity contribution in [3.05, 3.63) is 59.7 Å². The van der Waals surface area contributed by atoms with Gasteiger partial charge in [0.2, 0.25) is 0 Å². The van der Waals surface area contributed by atoms with Crippen LogP contribution >= 0.6 is 0 Å². The number of ether oxygens (including phenoxy) is 1. The summed E-state index contributed by atoms with van der Waals surface area (Å²) in [5, 5.41) is 2.61. The average Bonchev–Trinajstić information content (AvgIpc) is 2.59. The third kappa shape index (κ3) is 4.90. The summed E-state index contributed by atoms with van der Waals surface area (Å²) in [7, 11) is -3.57. The van der Waals surface area contributed by atoms with Crippen LogP contribution in [0, 0.1) is 6.92 Å².